The first-order valence-electron chi connectivity index (χ1n) is 8.62. The highest BCUT2D eigenvalue weighted by molar-refractivity contribution is 14.0. The highest BCUT2D eigenvalue weighted by Gasteiger charge is 2.15. The van der Waals surface area contributed by atoms with E-state index in [1.165, 1.54) is 11.3 Å². The first-order chi connectivity index (χ1) is 13.0. The number of thiophene rings is 1. The second-order valence-electron chi connectivity index (χ2n) is 5.93. The van der Waals surface area contributed by atoms with Crippen molar-refractivity contribution in [2.75, 3.05) is 33.3 Å². The third kappa shape index (κ3) is 7.66. The number of hydrogen-bond donors (Lipinski definition) is 4. The Kier molecular flexibility index (Phi) is 11.0. The molecule has 0 spiro atoms. The van der Waals surface area contributed by atoms with Crippen LogP contribution in [0.15, 0.2) is 51.7 Å². The lowest BCUT2D eigenvalue weighted by Crippen LogP contribution is -2.43. The molecule has 10 heteroatoms. The number of rotatable bonds is 9. The molecule has 1 aromatic carbocycles. The van der Waals surface area contributed by atoms with E-state index in [-0.39, 0.29) is 43.0 Å². The molecule has 1 unspecified atom stereocenters. The van der Waals surface area contributed by atoms with Crippen molar-refractivity contribution in [2.24, 2.45) is 4.99 Å². The van der Waals surface area contributed by atoms with Gasteiger partial charge in [0.2, 0.25) is 10.0 Å². The number of halogens is 1. The number of aliphatic hydroxyl groups is 1. The van der Waals surface area contributed by atoms with Gasteiger partial charge in [0.1, 0.15) is 4.21 Å². The summed E-state index contributed by atoms with van der Waals surface area (Å²) >= 11 is 1.24. The number of sulfonamides is 1. The molecule has 2 rings (SSSR count). The Morgan fingerprint density at radius 3 is 2.43 bits per heavy atom. The molecule has 156 valence electrons. The average molecular weight is 538 g/mol. The first kappa shape index (κ1) is 24.8. The van der Waals surface area contributed by atoms with Crippen LogP contribution in [0, 0.1) is 6.92 Å². The molecule has 0 saturated carbocycles. The van der Waals surface area contributed by atoms with Crippen molar-refractivity contribution in [1.82, 2.24) is 15.4 Å². The van der Waals surface area contributed by atoms with E-state index in [2.05, 4.69) is 20.3 Å². The summed E-state index contributed by atoms with van der Waals surface area (Å²) in [6.45, 7) is 3.03. The minimum Gasteiger partial charge on any atom is -0.396 e. The third-order valence-electron chi connectivity index (χ3n) is 3.92. The number of nitrogens with zero attached hydrogens (tertiary/aromatic N) is 1. The van der Waals surface area contributed by atoms with Crippen LogP contribution in [0.4, 0.5) is 0 Å². The Bertz CT molecular complexity index is 842. The summed E-state index contributed by atoms with van der Waals surface area (Å²) in [5.41, 5.74) is 1.04. The SMILES string of the molecule is CN=C(NCCNS(=O)(=O)c1ccc(C)s1)NCC(CO)c1ccccc1.I. The highest BCUT2D eigenvalue weighted by Crippen LogP contribution is 2.19. The lowest BCUT2D eigenvalue weighted by molar-refractivity contribution is 0.265. The van der Waals surface area contributed by atoms with Gasteiger partial charge in [0.05, 0.1) is 6.61 Å². The number of nitrogens with one attached hydrogen (secondary N) is 3. The van der Waals surface area contributed by atoms with Gasteiger partial charge >= 0.3 is 0 Å². The van der Waals surface area contributed by atoms with Crippen LogP contribution in [-0.2, 0) is 10.0 Å². The monoisotopic (exact) mass is 538 g/mol. The van der Waals surface area contributed by atoms with Gasteiger partial charge in [0.15, 0.2) is 5.96 Å². The van der Waals surface area contributed by atoms with Crippen LogP contribution in [0.3, 0.4) is 0 Å². The molecule has 0 radical (unpaired) electrons. The molecule has 0 aliphatic carbocycles. The summed E-state index contributed by atoms with van der Waals surface area (Å²) in [5.74, 6) is 0.501. The average Bonchev–Trinajstić information content (AvgIpc) is 3.12. The second-order valence-corrected chi connectivity index (χ2v) is 9.21. The zero-order valence-corrected chi connectivity index (χ0v) is 19.8. The predicted molar refractivity (Wildman–Crippen MR) is 125 cm³/mol. The van der Waals surface area contributed by atoms with E-state index in [4.69, 9.17) is 0 Å². The van der Waals surface area contributed by atoms with Crippen LogP contribution in [0.1, 0.15) is 16.4 Å². The Morgan fingerprint density at radius 2 is 1.86 bits per heavy atom. The van der Waals surface area contributed by atoms with Crippen LogP contribution in [0.5, 0.6) is 0 Å². The van der Waals surface area contributed by atoms with E-state index in [0.29, 0.717) is 23.3 Å². The number of aryl methyl sites for hydroxylation is 1. The van der Waals surface area contributed by atoms with Gasteiger partial charge in [-0.3, -0.25) is 4.99 Å². The fraction of sp³-hybridized carbons (Fsp3) is 0.389. The van der Waals surface area contributed by atoms with Crippen molar-refractivity contribution in [1.29, 1.82) is 0 Å². The topological polar surface area (TPSA) is 103 Å². The number of guanidine groups is 1. The Morgan fingerprint density at radius 1 is 1.14 bits per heavy atom. The van der Waals surface area contributed by atoms with Crippen LogP contribution < -0.4 is 15.4 Å². The fourth-order valence-electron chi connectivity index (χ4n) is 2.45. The van der Waals surface area contributed by atoms with Crippen LogP contribution in [-0.4, -0.2) is 52.8 Å². The summed E-state index contributed by atoms with van der Waals surface area (Å²) in [7, 11) is -1.83. The number of aliphatic imine (C=N–C) groups is 1. The molecule has 2 aromatic rings. The Hall–Kier alpha value is -1.21. The van der Waals surface area contributed by atoms with Gasteiger partial charge in [-0.15, -0.1) is 35.3 Å². The zero-order chi connectivity index (χ0) is 19.7. The van der Waals surface area contributed by atoms with Crippen molar-refractivity contribution in [2.45, 2.75) is 17.1 Å². The van der Waals surface area contributed by atoms with Gasteiger partial charge < -0.3 is 15.7 Å². The van der Waals surface area contributed by atoms with E-state index < -0.39 is 10.0 Å². The van der Waals surface area contributed by atoms with Crippen molar-refractivity contribution in [3.05, 3.63) is 52.9 Å². The van der Waals surface area contributed by atoms with Crippen LogP contribution in [0.25, 0.3) is 0 Å². The number of hydrogen-bond acceptors (Lipinski definition) is 5. The summed E-state index contributed by atoms with van der Waals surface area (Å²) in [6.07, 6.45) is 0. The van der Waals surface area contributed by atoms with Crippen molar-refractivity contribution in [3.63, 3.8) is 0 Å². The quantitative estimate of drug-likeness (QED) is 0.169. The van der Waals surface area contributed by atoms with Crippen molar-refractivity contribution >= 4 is 51.3 Å². The molecule has 0 aliphatic rings. The maximum absolute atomic E-state index is 12.2. The van der Waals surface area contributed by atoms with Gasteiger partial charge in [-0.25, -0.2) is 13.1 Å². The predicted octanol–water partition coefficient (Wildman–Crippen LogP) is 1.89. The lowest BCUT2D eigenvalue weighted by atomic mass is 10.0. The molecule has 0 saturated heterocycles. The summed E-state index contributed by atoms with van der Waals surface area (Å²) in [5, 5.41) is 15.8. The summed E-state index contributed by atoms with van der Waals surface area (Å²) in [4.78, 5) is 5.07. The highest BCUT2D eigenvalue weighted by atomic mass is 127. The van der Waals surface area contributed by atoms with Gasteiger partial charge in [-0.2, -0.15) is 0 Å². The number of benzene rings is 1. The molecular formula is C18H27IN4O3S2. The Labute approximate surface area is 187 Å². The largest absolute Gasteiger partial charge is 0.396 e. The minimum absolute atomic E-state index is 0. The molecule has 0 bridgehead atoms. The molecule has 1 aromatic heterocycles. The van der Waals surface area contributed by atoms with Gasteiger partial charge in [0, 0.05) is 37.5 Å². The smallest absolute Gasteiger partial charge is 0.250 e. The summed E-state index contributed by atoms with van der Waals surface area (Å²) in [6, 6.07) is 13.1. The Balaban J connectivity index is 0.00000392. The van der Waals surface area contributed by atoms with E-state index in [0.717, 1.165) is 10.4 Å². The van der Waals surface area contributed by atoms with E-state index in [9.17, 15) is 13.5 Å². The number of aliphatic hydroxyl groups excluding tert-OH is 1. The molecule has 1 heterocycles. The van der Waals surface area contributed by atoms with Gasteiger partial charge in [-0.05, 0) is 24.6 Å². The van der Waals surface area contributed by atoms with E-state index in [1.54, 1.807) is 19.2 Å². The maximum atomic E-state index is 12.2. The standard InChI is InChI=1S/C18H26N4O3S2.HI/c1-14-8-9-17(26-14)27(24,25)22-11-10-20-18(19-2)21-12-16(13-23)15-6-4-3-5-7-15;/h3-9,16,22-23H,10-13H2,1-2H3,(H2,19,20,21);1H. The minimum atomic E-state index is -3.47. The third-order valence-corrected chi connectivity index (χ3v) is 6.87. The molecule has 7 nitrogen and oxygen atoms in total. The van der Waals surface area contributed by atoms with Crippen LogP contribution in [0.2, 0.25) is 0 Å². The van der Waals surface area contributed by atoms with Gasteiger partial charge in [-0.1, -0.05) is 30.3 Å². The molecule has 28 heavy (non-hydrogen) atoms. The van der Waals surface area contributed by atoms with Crippen LogP contribution >= 0.6 is 35.3 Å². The fourth-order valence-corrected chi connectivity index (χ4v) is 4.81. The zero-order valence-electron chi connectivity index (χ0n) is 15.9. The first-order valence-corrected chi connectivity index (χ1v) is 10.9. The normalized spacial score (nSPS) is 12.9. The lowest BCUT2D eigenvalue weighted by Gasteiger charge is -2.18. The molecule has 0 fully saturated rings. The van der Waals surface area contributed by atoms with Crippen molar-refractivity contribution in [3.8, 4) is 0 Å². The van der Waals surface area contributed by atoms with E-state index in [1.807, 2.05) is 37.3 Å². The van der Waals surface area contributed by atoms with Gasteiger partial charge in [0.25, 0.3) is 0 Å². The van der Waals surface area contributed by atoms with E-state index >= 15 is 0 Å². The summed E-state index contributed by atoms with van der Waals surface area (Å²) < 4.78 is 27.2. The molecule has 1 atom stereocenters. The molecular weight excluding hydrogens is 511 g/mol. The molecule has 4 N–H and O–H groups in total. The van der Waals surface area contributed by atoms with Crippen molar-refractivity contribution < 1.29 is 13.5 Å². The maximum Gasteiger partial charge on any atom is 0.250 e. The second kappa shape index (κ2) is 12.4. The molecule has 0 aliphatic heterocycles. The molecule has 0 amide bonds.